The zero-order valence-corrected chi connectivity index (χ0v) is 11.5. The average molecular weight is 274 g/mol. The van der Waals surface area contributed by atoms with Crippen LogP contribution in [0.15, 0.2) is 12.3 Å². The second-order valence-corrected chi connectivity index (χ2v) is 5.33. The monoisotopic (exact) mass is 274 g/mol. The first kappa shape index (κ1) is 14.3. The van der Waals surface area contributed by atoms with Crippen molar-refractivity contribution in [1.82, 2.24) is 4.98 Å². The van der Waals surface area contributed by atoms with Gasteiger partial charge in [-0.3, -0.25) is 10.1 Å². The number of nitro groups is 1. The largest absolute Gasteiger partial charge is 0.361 e. The first-order valence-corrected chi connectivity index (χ1v) is 6.93. The molecule has 2 rings (SSSR count). The highest BCUT2D eigenvalue weighted by Crippen LogP contribution is 2.29. The molecule has 2 atom stereocenters. The van der Waals surface area contributed by atoms with Crippen molar-refractivity contribution in [3.63, 3.8) is 0 Å². The fourth-order valence-electron chi connectivity index (χ4n) is 2.65. The van der Waals surface area contributed by atoms with E-state index < -0.39 is 4.92 Å². The molecule has 1 N–H and O–H groups in total. The van der Waals surface area contributed by atoms with Crippen LogP contribution in [0, 0.1) is 27.4 Å². The molecule has 106 valence electrons. The van der Waals surface area contributed by atoms with Crippen LogP contribution >= 0.6 is 0 Å². The smallest absolute Gasteiger partial charge is 0.312 e. The van der Waals surface area contributed by atoms with Crippen LogP contribution in [0.25, 0.3) is 0 Å². The SMILES string of the molecule is CC1CCCCCC1Nc1ncc(C#N)cc1[N+](=O)[O-]. The number of nitriles is 1. The van der Waals surface area contributed by atoms with Gasteiger partial charge < -0.3 is 5.32 Å². The Labute approximate surface area is 118 Å². The van der Waals surface area contributed by atoms with Gasteiger partial charge in [0.2, 0.25) is 5.82 Å². The number of pyridine rings is 1. The van der Waals surface area contributed by atoms with E-state index in [0.717, 1.165) is 19.3 Å². The van der Waals surface area contributed by atoms with Gasteiger partial charge in [-0.25, -0.2) is 4.98 Å². The van der Waals surface area contributed by atoms with Crippen molar-refractivity contribution in [1.29, 1.82) is 5.26 Å². The Morgan fingerprint density at radius 2 is 2.20 bits per heavy atom. The summed E-state index contributed by atoms with van der Waals surface area (Å²) in [6, 6.07) is 3.36. The fraction of sp³-hybridized carbons (Fsp3) is 0.571. The molecule has 1 aliphatic carbocycles. The highest BCUT2D eigenvalue weighted by Gasteiger charge is 2.24. The molecule has 0 bridgehead atoms. The molecule has 1 aromatic heterocycles. The van der Waals surface area contributed by atoms with Crippen molar-refractivity contribution in [2.75, 3.05) is 5.32 Å². The van der Waals surface area contributed by atoms with Crippen molar-refractivity contribution in [3.05, 3.63) is 27.9 Å². The Bertz CT molecular complexity index is 538. The summed E-state index contributed by atoms with van der Waals surface area (Å²) < 4.78 is 0. The fourth-order valence-corrected chi connectivity index (χ4v) is 2.65. The third-order valence-electron chi connectivity index (χ3n) is 3.88. The van der Waals surface area contributed by atoms with Crippen molar-refractivity contribution in [3.8, 4) is 6.07 Å². The highest BCUT2D eigenvalue weighted by atomic mass is 16.6. The number of nitrogens with zero attached hydrogens (tertiary/aromatic N) is 3. The molecule has 0 amide bonds. The third-order valence-corrected chi connectivity index (χ3v) is 3.88. The maximum absolute atomic E-state index is 11.1. The predicted molar refractivity (Wildman–Crippen MR) is 75.3 cm³/mol. The molecule has 1 heterocycles. The van der Waals surface area contributed by atoms with E-state index in [1.165, 1.54) is 25.1 Å². The number of anilines is 1. The van der Waals surface area contributed by atoms with Crippen molar-refractivity contribution in [2.45, 2.75) is 45.1 Å². The van der Waals surface area contributed by atoms with Crippen LogP contribution in [-0.4, -0.2) is 15.9 Å². The van der Waals surface area contributed by atoms with E-state index >= 15 is 0 Å². The van der Waals surface area contributed by atoms with Crippen LogP contribution in [0.2, 0.25) is 0 Å². The van der Waals surface area contributed by atoms with Crippen LogP contribution < -0.4 is 5.32 Å². The lowest BCUT2D eigenvalue weighted by Crippen LogP contribution is -2.27. The van der Waals surface area contributed by atoms with Gasteiger partial charge in [-0.2, -0.15) is 5.26 Å². The van der Waals surface area contributed by atoms with E-state index in [-0.39, 0.29) is 23.1 Å². The van der Waals surface area contributed by atoms with Gasteiger partial charge in [-0.1, -0.05) is 26.2 Å². The van der Waals surface area contributed by atoms with E-state index in [1.54, 1.807) is 0 Å². The quantitative estimate of drug-likeness (QED) is 0.519. The predicted octanol–water partition coefficient (Wildman–Crippen LogP) is 3.24. The van der Waals surface area contributed by atoms with E-state index in [1.807, 2.05) is 6.07 Å². The van der Waals surface area contributed by atoms with Crippen LogP contribution in [0.5, 0.6) is 0 Å². The molecule has 0 aliphatic heterocycles. The molecule has 1 aromatic rings. The summed E-state index contributed by atoms with van der Waals surface area (Å²) in [5.41, 5.74) is 0.0802. The number of nitrogens with one attached hydrogen (secondary N) is 1. The molecule has 6 heteroatoms. The van der Waals surface area contributed by atoms with E-state index in [4.69, 9.17) is 5.26 Å². The summed E-state index contributed by atoms with van der Waals surface area (Å²) in [5.74, 6) is 0.738. The molecule has 2 unspecified atom stereocenters. The second-order valence-electron chi connectivity index (χ2n) is 5.33. The average Bonchev–Trinajstić information content (AvgIpc) is 2.64. The van der Waals surface area contributed by atoms with Gasteiger partial charge in [0.1, 0.15) is 6.07 Å². The summed E-state index contributed by atoms with van der Waals surface area (Å²) in [7, 11) is 0. The van der Waals surface area contributed by atoms with E-state index in [2.05, 4.69) is 17.2 Å². The van der Waals surface area contributed by atoms with Crippen LogP contribution in [-0.2, 0) is 0 Å². The Hall–Kier alpha value is -2.16. The summed E-state index contributed by atoms with van der Waals surface area (Å²) in [5, 5.41) is 23.1. The van der Waals surface area contributed by atoms with Crippen LogP contribution in [0.4, 0.5) is 11.5 Å². The van der Waals surface area contributed by atoms with Crippen LogP contribution in [0.1, 0.15) is 44.6 Å². The summed E-state index contributed by atoms with van der Waals surface area (Å²) >= 11 is 0. The number of aromatic nitrogens is 1. The van der Waals surface area contributed by atoms with Gasteiger partial charge in [0, 0.05) is 18.3 Å². The molecule has 0 radical (unpaired) electrons. The summed E-state index contributed by atoms with van der Waals surface area (Å²) in [4.78, 5) is 14.7. The minimum atomic E-state index is -0.489. The van der Waals surface area contributed by atoms with Gasteiger partial charge in [0.05, 0.1) is 10.5 Å². The molecule has 1 aliphatic rings. The summed E-state index contributed by atoms with van der Waals surface area (Å²) in [6.07, 6.45) is 7.05. The van der Waals surface area contributed by atoms with Crippen molar-refractivity contribution in [2.24, 2.45) is 5.92 Å². The number of hydrogen-bond acceptors (Lipinski definition) is 5. The number of hydrogen-bond donors (Lipinski definition) is 1. The van der Waals surface area contributed by atoms with Crippen molar-refractivity contribution < 1.29 is 4.92 Å². The standard InChI is InChI=1S/C14H18N4O2/c1-10-5-3-2-4-6-12(10)17-14-13(18(19)20)7-11(8-15)9-16-14/h7,9-10,12H,2-6H2,1H3,(H,16,17). The zero-order chi connectivity index (χ0) is 14.5. The molecule has 0 aromatic carbocycles. The highest BCUT2D eigenvalue weighted by molar-refractivity contribution is 5.58. The lowest BCUT2D eigenvalue weighted by Gasteiger charge is -2.23. The first-order chi connectivity index (χ1) is 9.61. The Morgan fingerprint density at radius 1 is 1.45 bits per heavy atom. The Morgan fingerprint density at radius 3 is 2.90 bits per heavy atom. The lowest BCUT2D eigenvalue weighted by atomic mass is 9.97. The van der Waals surface area contributed by atoms with E-state index in [9.17, 15) is 10.1 Å². The maximum atomic E-state index is 11.1. The van der Waals surface area contributed by atoms with Gasteiger partial charge in [0.25, 0.3) is 0 Å². The Kier molecular flexibility index (Phi) is 4.51. The lowest BCUT2D eigenvalue weighted by molar-refractivity contribution is -0.384. The first-order valence-electron chi connectivity index (χ1n) is 6.93. The molecular weight excluding hydrogens is 256 g/mol. The molecule has 0 saturated heterocycles. The third kappa shape index (κ3) is 3.23. The van der Waals surface area contributed by atoms with Gasteiger partial charge in [-0.05, 0) is 18.8 Å². The second kappa shape index (κ2) is 6.33. The number of rotatable bonds is 3. The maximum Gasteiger partial charge on any atom is 0.312 e. The molecular formula is C14H18N4O2. The Balaban J connectivity index is 2.23. The van der Waals surface area contributed by atoms with Gasteiger partial charge in [-0.15, -0.1) is 0 Å². The topological polar surface area (TPSA) is 91.8 Å². The molecule has 0 spiro atoms. The molecule has 1 saturated carbocycles. The van der Waals surface area contributed by atoms with Gasteiger partial charge in [0.15, 0.2) is 0 Å². The summed E-state index contributed by atoms with van der Waals surface area (Å²) in [6.45, 7) is 2.17. The van der Waals surface area contributed by atoms with E-state index in [0.29, 0.717) is 5.92 Å². The molecule has 1 fully saturated rings. The van der Waals surface area contributed by atoms with Gasteiger partial charge >= 0.3 is 5.69 Å². The minimum Gasteiger partial charge on any atom is -0.361 e. The zero-order valence-electron chi connectivity index (χ0n) is 11.5. The normalized spacial score (nSPS) is 22.6. The molecule has 20 heavy (non-hydrogen) atoms. The van der Waals surface area contributed by atoms with Crippen LogP contribution in [0.3, 0.4) is 0 Å². The molecule has 6 nitrogen and oxygen atoms in total. The van der Waals surface area contributed by atoms with Crippen molar-refractivity contribution >= 4 is 11.5 Å². The minimum absolute atomic E-state index is 0.125.